The van der Waals surface area contributed by atoms with Crippen molar-refractivity contribution in [3.8, 4) is 0 Å². The molecule has 0 unspecified atom stereocenters. The third-order valence-corrected chi connectivity index (χ3v) is 22.9. The van der Waals surface area contributed by atoms with Gasteiger partial charge in [0, 0.05) is 130 Å². The average Bonchev–Trinajstić information content (AvgIpc) is 0.952. The van der Waals surface area contributed by atoms with Gasteiger partial charge in [-0.05, 0) is 300 Å². The molecule has 0 atom stereocenters. The van der Waals surface area contributed by atoms with Crippen molar-refractivity contribution in [3.63, 3.8) is 0 Å². The van der Waals surface area contributed by atoms with Gasteiger partial charge in [0.1, 0.15) is 0 Å². The second-order valence-electron chi connectivity index (χ2n) is 30.1. The molecule has 0 aliphatic carbocycles. The molecule has 20 rings (SSSR count). The quantitative estimate of drug-likeness (QED) is 0.0665. The largest absolute Gasteiger partial charge is 0.341 e. The Morgan fingerprint density at radius 3 is 0.974 bits per heavy atom. The van der Waals surface area contributed by atoms with Gasteiger partial charge in [-0.2, -0.15) is 0 Å². The number of nitrogens with zero attached hydrogens (tertiary/aromatic N) is 7. The van der Waals surface area contributed by atoms with Crippen LogP contribution in [0.2, 0.25) is 0 Å². The summed E-state index contributed by atoms with van der Waals surface area (Å²) in [5.74, 6) is 0. The van der Waals surface area contributed by atoms with E-state index in [0.29, 0.717) is 0 Å². The number of rotatable bonds is 21. The summed E-state index contributed by atoms with van der Waals surface area (Å²) < 4.78 is 2.47. The van der Waals surface area contributed by atoms with E-state index in [2.05, 4.69) is 479 Å². The van der Waals surface area contributed by atoms with Crippen LogP contribution in [0.5, 0.6) is 0 Å². The zero-order chi connectivity index (χ0) is 77.6. The Balaban J connectivity index is 0.652. The standard InChI is InChI=1S/C109H83N7/c1-4-110-104-68-63-97(115(86-37-16-8-17-38-86)106-45-25-30-79-29-20-21-44-99(79)106)74-102(104)103-75-98(64-69-105(103)110)116(87-39-18-9-19-40-87)107-67-50-81-48-65-100-82(47-46-80-49-66-101(107)109(81)108(80)100)72-78-28-24-43-96(73-78)114(85-35-14-7-15-36-85)93-61-55-90(56-62-93)111(88-51-57-91(58-52-88)112(83-31-10-5-11-32-83)94-41-22-26-76(2)70-94)89-53-59-92(60-54-89)113(84-33-12-6-13-34-84)95-42-23-27-77(3)71-95/h5-71,73-75H,4,72H2,1-3H3. The molecule has 0 radical (unpaired) electrons. The lowest BCUT2D eigenvalue weighted by atomic mass is 9.89. The van der Waals surface area contributed by atoms with Crippen molar-refractivity contribution in [3.05, 3.63) is 447 Å². The number of benzene rings is 19. The molecule has 0 aliphatic heterocycles. The third kappa shape index (κ3) is 13.1. The molecule has 0 spiro atoms. The zero-order valence-electron chi connectivity index (χ0n) is 65.0. The zero-order valence-corrected chi connectivity index (χ0v) is 65.0. The Kier molecular flexibility index (Phi) is 18.3. The highest BCUT2D eigenvalue weighted by molar-refractivity contribution is 6.26. The van der Waals surface area contributed by atoms with Crippen molar-refractivity contribution in [2.24, 2.45) is 0 Å². The first-order chi connectivity index (χ1) is 57.3. The first kappa shape index (κ1) is 70.2. The van der Waals surface area contributed by atoms with E-state index in [-0.39, 0.29) is 0 Å². The fourth-order valence-corrected chi connectivity index (χ4v) is 17.6. The van der Waals surface area contributed by atoms with Crippen molar-refractivity contribution >= 4 is 167 Å². The molecule has 0 fully saturated rings. The van der Waals surface area contributed by atoms with Crippen molar-refractivity contribution in [2.75, 3.05) is 29.4 Å². The lowest BCUT2D eigenvalue weighted by Gasteiger charge is -2.30. The van der Waals surface area contributed by atoms with Crippen molar-refractivity contribution in [1.82, 2.24) is 4.57 Å². The van der Waals surface area contributed by atoms with Gasteiger partial charge in [0.15, 0.2) is 0 Å². The van der Waals surface area contributed by atoms with Gasteiger partial charge in [0.2, 0.25) is 0 Å². The number of anilines is 18. The lowest BCUT2D eigenvalue weighted by Crippen LogP contribution is -2.14. The third-order valence-electron chi connectivity index (χ3n) is 22.9. The van der Waals surface area contributed by atoms with E-state index < -0.39 is 0 Å². The summed E-state index contributed by atoms with van der Waals surface area (Å²) in [4.78, 5) is 14.3. The average molecular weight is 1490 g/mol. The molecule has 0 amide bonds. The molecule has 19 aromatic carbocycles. The summed E-state index contributed by atoms with van der Waals surface area (Å²) in [5.41, 5.74) is 26.8. The van der Waals surface area contributed by atoms with Crippen LogP contribution in [0, 0.1) is 13.8 Å². The number of fused-ring (bicyclic) bond motifs is 4. The summed E-state index contributed by atoms with van der Waals surface area (Å²) in [6.45, 7) is 7.40. The molecule has 1 heterocycles. The van der Waals surface area contributed by atoms with Crippen LogP contribution in [0.3, 0.4) is 0 Å². The van der Waals surface area contributed by atoms with Gasteiger partial charge in [-0.15, -0.1) is 0 Å². The van der Waals surface area contributed by atoms with Gasteiger partial charge in [-0.3, -0.25) is 0 Å². The maximum atomic E-state index is 2.48. The molecule has 0 saturated heterocycles. The van der Waals surface area contributed by atoms with Crippen molar-refractivity contribution in [1.29, 1.82) is 0 Å². The lowest BCUT2D eigenvalue weighted by molar-refractivity contribution is 0.827. The smallest absolute Gasteiger partial charge is 0.0540 e. The molecular weight excluding hydrogens is 1410 g/mol. The first-order valence-corrected chi connectivity index (χ1v) is 40.1. The number of aryl methyl sites for hydroxylation is 3. The Bertz CT molecular complexity index is 6790. The van der Waals surface area contributed by atoms with Crippen molar-refractivity contribution < 1.29 is 0 Å². The van der Waals surface area contributed by atoms with Crippen LogP contribution in [0.25, 0.3) is 64.9 Å². The molecule has 1 aromatic heterocycles. The van der Waals surface area contributed by atoms with Gasteiger partial charge < -0.3 is 34.0 Å². The van der Waals surface area contributed by atoms with E-state index in [1.807, 2.05) is 0 Å². The molecule has 0 saturated carbocycles. The number of hydrogen-bond acceptors (Lipinski definition) is 6. The molecule has 0 N–H and O–H groups in total. The topological polar surface area (TPSA) is 24.4 Å². The summed E-state index contributed by atoms with van der Waals surface area (Å²) >= 11 is 0. The van der Waals surface area contributed by atoms with E-state index in [9.17, 15) is 0 Å². The van der Waals surface area contributed by atoms with E-state index in [4.69, 9.17) is 0 Å². The maximum absolute atomic E-state index is 2.48. The molecule has 0 bridgehead atoms. The second kappa shape index (κ2) is 30.3. The minimum Gasteiger partial charge on any atom is -0.341 e. The first-order valence-electron chi connectivity index (χ1n) is 40.1. The summed E-state index contributed by atoms with van der Waals surface area (Å²) in [7, 11) is 0. The number of para-hydroxylation sites is 5. The van der Waals surface area contributed by atoms with Crippen LogP contribution in [0.1, 0.15) is 29.2 Å². The Labute approximate surface area is 677 Å². The van der Waals surface area contributed by atoms with Gasteiger partial charge in [-0.25, -0.2) is 0 Å². The van der Waals surface area contributed by atoms with E-state index in [1.54, 1.807) is 0 Å². The van der Waals surface area contributed by atoms with E-state index in [0.717, 1.165) is 115 Å². The maximum Gasteiger partial charge on any atom is 0.0540 e. The molecule has 116 heavy (non-hydrogen) atoms. The van der Waals surface area contributed by atoms with Gasteiger partial charge in [0.05, 0.1) is 11.4 Å². The minimum absolute atomic E-state index is 0.736. The fraction of sp³-hybridized carbons (Fsp3) is 0.0459. The van der Waals surface area contributed by atoms with Gasteiger partial charge in [-0.1, -0.05) is 206 Å². The van der Waals surface area contributed by atoms with Crippen LogP contribution in [0.4, 0.5) is 102 Å². The van der Waals surface area contributed by atoms with E-state index in [1.165, 1.54) is 87.1 Å². The highest BCUT2D eigenvalue weighted by Gasteiger charge is 2.26. The number of aromatic nitrogens is 1. The fourth-order valence-electron chi connectivity index (χ4n) is 17.6. The SMILES string of the molecule is CCn1c2ccc(N(c3ccccc3)c3cccc4ccccc34)cc2c2cc(N(c3ccccc3)c3ccc4ccc5c(Cc6cccc(N(c7ccccc7)c7ccc(N(c8ccc(N(c9ccccc9)c9cccc(C)c9)cc8)c8ccc(N(c9ccccc9)c9cccc(C)c9)cc8)cc7)c6)ccc6ccc3c4c65)ccc21. The highest BCUT2D eigenvalue weighted by Crippen LogP contribution is 2.50. The van der Waals surface area contributed by atoms with E-state index >= 15 is 0 Å². The van der Waals surface area contributed by atoms with Crippen LogP contribution in [-0.2, 0) is 13.0 Å². The number of hydrogen-bond donors (Lipinski definition) is 0. The molecule has 20 aromatic rings. The van der Waals surface area contributed by atoms with Crippen molar-refractivity contribution in [2.45, 2.75) is 33.7 Å². The Morgan fingerprint density at radius 1 is 0.207 bits per heavy atom. The van der Waals surface area contributed by atoms with Crippen LogP contribution in [0.15, 0.2) is 425 Å². The summed E-state index contributed by atoms with van der Waals surface area (Å²) in [6.07, 6.45) is 0.736. The predicted molar refractivity (Wildman–Crippen MR) is 493 cm³/mol. The Hall–Kier alpha value is -14.9. The molecular formula is C109H83N7. The summed E-state index contributed by atoms with van der Waals surface area (Å²) in [6, 6.07) is 156. The monoisotopic (exact) mass is 1490 g/mol. The predicted octanol–water partition coefficient (Wildman–Crippen LogP) is 30.9. The molecule has 0 aliphatic rings. The van der Waals surface area contributed by atoms with Crippen LogP contribution in [-0.4, -0.2) is 4.57 Å². The van der Waals surface area contributed by atoms with Crippen LogP contribution < -0.4 is 29.4 Å². The molecule has 7 heteroatoms. The normalized spacial score (nSPS) is 11.5. The molecule has 554 valence electrons. The summed E-state index contributed by atoms with van der Waals surface area (Å²) in [5, 5.41) is 12.3. The van der Waals surface area contributed by atoms with Gasteiger partial charge >= 0.3 is 0 Å². The molecule has 7 nitrogen and oxygen atoms in total. The highest BCUT2D eigenvalue weighted by atomic mass is 15.2. The minimum atomic E-state index is 0.736. The van der Waals surface area contributed by atoms with Gasteiger partial charge in [0.25, 0.3) is 0 Å². The Morgan fingerprint density at radius 2 is 0.526 bits per heavy atom. The van der Waals surface area contributed by atoms with Crippen LogP contribution >= 0.6 is 0 Å². The second-order valence-corrected chi connectivity index (χ2v) is 30.1.